The molecular formula is C12H22N2O2. The van der Waals surface area contributed by atoms with Crippen molar-refractivity contribution in [1.82, 2.24) is 10.2 Å². The summed E-state index contributed by atoms with van der Waals surface area (Å²) in [6, 6.07) is -0.0463. The molecule has 4 heteroatoms. The predicted octanol–water partition coefficient (Wildman–Crippen LogP) is 1.11. The van der Waals surface area contributed by atoms with E-state index in [2.05, 4.69) is 19.2 Å². The average Bonchev–Trinajstić information content (AvgIpc) is 2.78. The summed E-state index contributed by atoms with van der Waals surface area (Å²) in [5.74, 6) is 0.212. The van der Waals surface area contributed by atoms with Crippen molar-refractivity contribution in [3.05, 3.63) is 0 Å². The summed E-state index contributed by atoms with van der Waals surface area (Å²) in [5, 5.41) is 3.32. The van der Waals surface area contributed by atoms with Gasteiger partial charge in [0.25, 0.3) is 0 Å². The van der Waals surface area contributed by atoms with E-state index in [1.165, 1.54) is 0 Å². The molecule has 1 N–H and O–H groups in total. The monoisotopic (exact) mass is 226 g/mol. The maximum absolute atomic E-state index is 12.0. The molecule has 2 fully saturated rings. The van der Waals surface area contributed by atoms with Crippen LogP contribution in [0, 0.1) is 0 Å². The molecule has 2 saturated heterocycles. The number of nitrogens with zero attached hydrogens (tertiary/aromatic N) is 1. The van der Waals surface area contributed by atoms with E-state index in [9.17, 15) is 4.79 Å². The van der Waals surface area contributed by atoms with Gasteiger partial charge in [-0.3, -0.25) is 10.1 Å². The molecule has 0 bridgehead atoms. The minimum Gasteiger partial charge on any atom is -0.373 e. The number of ether oxygens (including phenoxy) is 1. The average molecular weight is 226 g/mol. The summed E-state index contributed by atoms with van der Waals surface area (Å²) in [7, 11) is 0. The van der Waals surface area contributed by atoms with E-state index in [1.807, 2.05) is 11.8 Å². The lowest BCUT2D eigenvalue weighted by Crippen LogP contribution is -2.46. The van der Waals surface area contributed by atoms with Crippen LogP contribution in [0.5, 0.6) is 0 Å². The second-order valence-corrected chi connectivity index (χ2v) is 5.18. The van der Waals surface area contributed by atoms with Gasteiger partial charge in [-0.1, -0.05) is 6.92 Å². The number of carbonyl (C=O) groups excluding carboxylic acids is 1. The lowest BCUT2D eigenvalue weighted by molar-refractivity contribution is -0.133. The van der Waals surface area contributed by atoms with Gasteiger partial charge in [-0.05, 0) is 33.1 Å². The Morgan fingerprint density at radius 1 is 1.62 bits per heavy atom. The molecule has 0 radical (unpaired) electrons. The lowest BCUT2D eigenvalue weighted by Gasteiger charge is -2.32. The van der Waals surface area contributed by atoms with Crippen LogP contribution in [-0.2, 0) is 9.53 Å². The number of hydrogen-bond acceptors (Lipinski definition) is 3. The smallest absolute Gasteiger partial charge is 0.240 e. The molecule has 0 spiro atoms. The molecule has 2 heterocycles. The molecule has 3 atom stereocenters. The van der Waals surface area contributed by atoms with Crippen LogP contribution >= 0.6 is 0 Å². The van der Waals surface area contributed by atoms with Gasteiger partial charge in [-0.25, -0.2) is 0 Å². The van der Waals surface area contributed by atoms with Crippen molar-refractivity contribution < 1.29 is 9.53 Å². The Balaban J connectivity index is 2.04. The van der Waals surface area contributed by atoms with Crippen LogP contribution in [0.15, 0.2) is 0 Å². The molecule has 0 aliphatic carbocycles. The van der Waals surface area contributed by atoms with Crippen molar-refractivity contribution in [3.63, 3.8) is 0 Å². The summed E-state index contributed by atoms with van der Waals surface area (Å²) in [6.07, 6.45) is 3.30. The van der Waals surface area contributed by atoms with Crippen LogP contribution in [0.4, 0.5) is 0 Å². The molecule has 4 nitrogen and oxygen atoms in total. The Morgan fingerprint density at radius 2 is 2.38 bits per heavy atom. The normalized spacial score (nSPS) is 39.7. The Bertz CT molecular complexity index is 274. The van der Waals surface area contributed by atoms with Crippen LogP contribution in [0.2, 0.25) is 0 Å². The van der Waals surface area contributed by atoms with E-state index in [0.717, 1.165) is 32.4 Å². The van der Waals surface area contributed by atoms with Crippen molar-refractivity contribution in [3.8, 4) is 0 Å². The zero-order chi connectivity index (χ0) is 11.8. The first-order valence-electron chi connectivity index (χ1n) is 6.26. The standard InChI is InChI=1S/C12H22N2O2/c1-4-10-13-9(2)11(15)14(10)8-12(3)6-5-7-16-12/h9-10,13H,4-8H2,1-3H3. The number of amides is 1. The fourth-order valence-corrected chi connectivity index (χ4v) is 2.70. The summed E-state index contributed by atoms with van der Waals surface area (Å²) in [6.45, 7) is 7.71. The maximum Gasteiger partial charge on any atom is 0.240 e. The summed E-state index contributed by atoms with van der Waals surface area (Å²) >= 11 is 0. The summed E-state index contributed by atoms with van der Waals surface area (Å²) < 4.78 is 5.76. The first kappa shape index (κ1) is 11.9. The van der Waals surface area contributed by atoms with Gasteiger partial charge in [0.05, 0.1) is 24.4 Å². The Labute approximate surface area is 97.3 Å². The molecular weight excluding hydrogens is 204 g/mol. The minimum atomic E-state index is -0.130. The summed E-state index contributed by atoms with van der Waals surface area (Å²) in [4.78, 5) is 14.0. The third-order valence-corrected chi connectivity index (χ3v) is 3.66. The molecule has 0 aromatic heterocycles. The number of hydrogen-bond donors (Lipinski definition) is 1. The molecule has 3 unspecified atom stereocenters. The third-order valence-electron chi connectivity index (χ3n) is 3.66. The number of rotatable bonds is 3. The Morgan fingerprint density at radius 3 is 2.94 bits per heavy atom. The third kappa shape index (κ3) is 2.09. The molecule has 2 aliphatic heterocycles. The van der Waals surface area contributed by atoms with Gasteiger partial charge in [0.2, 0.25) is 5.91 Å². The van der Waals surface area contributed by atoms with Crippen LogP contribution in [0.25, 0.3) is 0 Å². The zero-order valence-electron chi connectivity index (χ0n) is 10.5. The largest absolute Gasteiger partial charge is 0.373 e. The topological polar surface area (TPSA) is 41.6 Å². The van der Waals surface area contributed by atoms with E-state index in [4.69, 9.17) is 4.74 Å². The van der Waals surface area contributed by atoms with Gasteiger partial charge < -0.3 is 9.64 Å². The summed E-state index contributed by atoms with van der Waals surface area (Å²) in [5.41, 5.74) is -0.130. The molecule has 1 amide bonds. The van der Waals surface area contributed by atoms with Crippen molar-refractivity contribution in [2.24, 2.45) is 0 Å². The first-order chi connectivity index (χ1) is 7.56. The Kier molecular flexibility index (Phi) is 3.22. The fraction of sp³-hybridized carbons (Fsp3) is 0.917. The van der Waals surface area contributed by atoms with Crippen molar-refractivity contribution in [2.45, 2.75) is 57.8 Å². The van der Waals surface area contributed by atoms with Crippen LogP contribution in [0.1, 0.15) is 40.0 Å². The highest BCUT2D eigenvalue weighted by Gasteiger charge is 2.41. The van der Waals surface area contributed by atoms with Gasteiger partial charge in [0, 0.05) is 6.61 Å². The van der Waals surface area contributed by atoms with Gasteiger partial charge in [-0.2, -0.15) is 0 Å². The van der Waals surface area contributed by atoms with E-state index in [1.54, 1.807) is 0 Å². The second kappa shape index (κ2) is 4.34. The molecule has 92 valence electrons. The second-order valence-electron chi connectivity index (χ2n) is 5.18. The Hall–Kier alpha value is -0.610. The molecule has 0 aromatic carbocycles. The molecule has 2 rings (SSSR count). The van der Waals surface area contributed by atoms with Crippen LogP contribution in [0.3, 0.4) is 0 Å². The fourth-order valence-electron chi connectivity index (χ4n) is 2.70. The number of nitrogens with one attached hydrogen (secondary N) is 1. The molecule has 2 aliphatic rings. The SMILES string of the molecule is CCC1NC(C)C(=O)N1CC1(C)CCCO1. The highest BCUT2D eigenvalue weighted by atomic mass is 16.5. The minimum absolute atomic E-state index is 0.0463. The van der Waals surface area contributed by atoms with Crippen molar-refractivity contribution >= 4 is 5.91 Å². The van der Waals surface area contributed by atoms with E-state index in [0.29, 0.717) is 0 Å². The van der Waals surface area contributed by atoms with Crippen LogP contribution < -0.4 is 5.32 Å². The first-order valence-corrected chi connectivity index (χ1v) is 6.26. The van der Waals surface area contributed by atoms with Gasteiger partial charge in [0.15, 0.2) is 0 Å². The highest BCUT2D eigenvalue weighted by molar-refractivity contribution is 5.84. The number of carbonyl (C=O) groups is 1. The highest BCUT2D eigenvalue weighted by Crippen LogP contribution is 2.28. The van der Waals surface area contributed by atoms with Gasteiger partial charge in [-0.15, -0.1) is 0 Å². The molecule has 16 heavy (non-hydrogen) atoms. The molecule has 0 aromatic rings. The molecule has 0 saturated carbocycles. The van der Waals surface area contributed by atoms with Crippen molar-refractivity contribution in [2.75, 3.05) is 13.2 Å². The van der Waals surface area contributed by atoms with E-state index >= 15 is 0 Å². The van der Waals surface area contributed by atoms with Gasteiger partial charge in [0.1, 0.15) is 0 Å². The van der Waals surface area contributed by atoms with Crippen LogP contribution in [-0.4, -0.2) is 41.8 Å². The van der Waals surface area contributed by atoms with E-state index < -0.39 is 0 Å². The lowest BCUT2D eigenvalue weighted by atomic mass is 10.0. The zero-order valence-corrected chi connectivity index (χ0v) is 10.5. The quantitative estimate of drug-likeness (QED) is 0.784. The van der Waals surface area contributed by atoms with Crippen molar-refractivity contribution in [1.29, 1.82) is 0 Å². The van der Waals surface area contributed by atoms with E-state index in [-0.39, 0.29) is 23.7 Å². The van der Waals surface area contributed by atoms with Gasteiger partial charge >= 0.3 is 0 Å². The maximum atomic E-state index is 12.0. The predicted molar refractivity (Wildman–Crippen MR) is 62.0 cm³/mol.